The third kappa shape index (κ3) is 5.25. The smallest absolute Gasteiger partial charge is 0.252 e. The third-order valence-corrected chi connectivity index (χ3v) is 2.80. The maximum Gasteiger partial charge on any atom is 0.252 e. The monoisotopic (exact) mass is 258 g/mol. The number of ether oxygens (including phenoxy) is 2. The summed E-state index contributed by atoms with van der Waals surface area (Å²) in [4.78, 5) is 15.7. The second-order valence-electron chi connectivity index (χ2n) is 3.83. The van der Waals surface area contributed by atoms with Gasteiger partial charge in [-0.15, -0.1) is 11.3 Å². The molecule has 0 aliphatic carbocycles. The van der Waals surface area contributed by atoms with Crippen molar-refractivity contribution >= 4 is 22.4 Å². The molecule has 96 valence electrons. The maximum atomic E-state index is 11.4. The Morgan fingerprint density at radius 2 is 2.29 bits per heavy atom. The van der Waals surface area contributed by atoms with Crippen LogP contribution in [-0.4, -0.2) is 37.8 Å². The van der Waals surface area contributed by atoms with Crippen LogP contribution in [0.4, 0.5) is 5.13 Å². The van der Waals surface area contributed by atoms with Crippen LogP contribution in [0.15, 0.2) is 5.38 Å². The Labute approximate surface area is 105 Å². The number of methoxy groups -OCH3 is 1. The van der Waals surface area contributed by atoms with Gasteiger partial charge in [0.15, 0.2) is 5.13 Å². The number of hydrogen-bond acceptors (Lipinski definition) is 5. The van der Waals surface area contributed by atoms with Gasteiger partial charge in [-0.05, 0) is 5.92 Å². The molecule has 5 nitrogen and oxygen atoms in total. The highest BCUT2D eigenvalue weighted by molar-refractivity contribution is 7.13. The predicted octanol–water partition coefficient (Wildman–Crippen LogP) is 1.87. The fraction of sp³-hybridized carbons (Fsp3) is 0.636. The molecule has 6 heteroatoms. The minimum absolute atomic E-state index is 0.0277. The van der Waals surface area contributed by atoms with E-state index in [0.717, 1.165) is 5.69 Å². The number of anilines is 1. The highest BCUT2D eigenvalue weighted by atomic mass is 32.1. The topological polar surface area (TPSA) is 60.5 Å². The number of rotatable bonds is 7. The maximum absolute atomic E-state index is 11.4. The number of nitrogens with one attached hydrogen (secondary N) is 1. The number of carbonyl (C=O) groups excluding carboxylic acids is 1. The van der Waals surface area contributed by atoms with Gasteiger partial charge in [-0.1, -0.05) is 13.8 Å². The summed E-state index contributed by atoms with van der Waals surface area (Å²) in [6, 6.07) is 0. The molecule has 0 aliphatic rings. The van der Waals surface area contributed by atoms with E-state index in [1.165, 1.54) is 11.3 Å². The van der Waals surface area contributed by atoms with Crippen molar-refractivity contribution in [3.63, 3.8) is 0 Å². The fourth-order valence-corrected chi connectivity index (χ4v) is 1.96. The zero-order valence-corrected chi connectivity index (χ0v) is 11.2. The first kappa shape index (κ1) is 14.1. The van der Waals surface area contributed by atoms with Crippen LogP contribution in [0.25, 0.3) is 0 Å². The van der Waals surface area contributed by atoms with Crippen molar-refractivity contribution in [3.05, 3.63) is 11.1 Å². The highest BCUT2D eigenvalue weighted by Gasteiger charge is 2.08. The summed E-state index contributed by atoms with van der Waals surface area (Å²) in [7, 11) is 1.59. The van der Waals surface area contributed by atoms with Crippen molar-refractivity contribution in [1.82, 2.24) is 4.98 Å². The van der Waals surface area contributed by atoms with E-state index < -0.39 is 0 Å². The standard InChI is InChI=1S/C11H18N2O3S/c1-8(2)9-7-17-11(12-9)13-10(14)6-16-5-4-15-3/h7-8H,4-6H2,1-3H3,(H,12,13,14). The van der Waals surface area contributed by atoms with Gasteiger partial charge in [-0.3, -0.25) is 10.1 Å². The van der Waals surface area contributed by atoms with Crippen LogP contribution >= 0.6 is 11.3 Å². The third-order valence-electron chi connectivity index (χ3n) is 2.02. The molecule has 0 saturated heterocycles. The Balaban J connectivity index is 2.29. The van der Waals surface area contributed by atoms with Gasteiger partial charge in [0, 0.05) is 12.5 Å². The molecule has 1 amide bonds. The molecule has 0 saturated carbocycles. The average Bonchev–Trinajstić information content (AvgIpc) is 2.73. The normalized spacial score (nSPS) is 10.8. The van der Waals surface area contributed by atoms with Crippen molar-refractivity contribution in [2.45, 2.75) is 19.8 Å². The molecule has 1 N–H and O–H groups in total. The zero-order valence-electron chi connectivity index (χ0n) is 10.4. The SMILES string of the molecule is COCCOCC(=O)Nc1nc(C(C)C)cs1. The molecule has 17 heavy (non-hydrogen) atoms. The number of aromatic nitrogens is 1. The molecule has 0 spiro atoms. The molecule has 1 aromatic heterocycles. The molecule has 1 rings (SSSR count). The number of thiazole rings is 1. The summed E-state index contributed by atoms with van der Waals surface area (Å²) in [6.07, 6.45) is 0. The van der Waals surface area contributed by atoms with Gasteiger partial charge in [0.2, 0.25) is 0 Å². The molecule has 0 atom stereocenters. The van der Waals surface area contributed by atoms with Crippen LogP contribution < -0.4 is 5.32 Å². The van der Waals surface area contributed by atoms with E-state index in [9.17, 15) is 4.79 Å². The summed E-state index contributed by atoms with van der Waals surface area (Å²) in [6.45, 7) is 5.06. The Hall–Kier alpha value is -0.980. The lowest BCUT2D eigenvalue weighted by Crippen LogP contribution is -2.19. The Kier molecular flexibility index (Phi) is 6.10. The first-order valence-corrected chi connectivity index (χ1v) is 6.33. The first-order chi connectivity index (χ1) is 8.13. The van der Waals surface area contributed by atoms with Crippen LogP contribution in [0.1, 0.15) is 25.5 Å². The quantitative estimate of drug-likeness (QED) is 0.758. The van der Waals surface area contributed by atoms with E-state index in [2.05, 4.69) is 24.1 Å². The van der Waals surface area contributed by atoms with Crippen LogP contribution in [0.5, 0.6) is 0 Å². The molecule has 1 aromatic rings. The molecule has 0 radical (unpaired) electrons. The second kappa shape index (κ2) is 7.37. The van der Waals surface area contributed by atoms with Gasteiger partial charge in [-0.25, -0.2) is 4.98 Å². The van der Waals surface area contributed by atoms with E-state index in [-0.39, 0.29) is 12.5 Å². The van der Waals surface area contributed by atoms with E-state index >= 15 is 0 Å². The van der Waals surface area contributed by atoms with Gasteiger partial charge in [0.25, 0.3) is 5.91 Å². The average molecular weight is 258 g/mol. The molecule has 0 aromatic carbocycles. The van der Waals surface area contributed by atoms with Crippen LogP contribution in [0.2, 0.25) is 0 Å². The van der Waals surface area contributed by atoms with Gasteiger partial charge < -0.3 is 9.47 Å². The molecule has 0 unspecified atom stereocenters. The lowest BCUT2D eigenvalue weighted by atomic mass is 10.2. The van der Waals surface area contributed by atoms with Gasteiger partial charge in [0.1, 0.15) is 6.61 Å². The molecule has 0 aliphatic heterocycles. The minimum Gasteiger partial charge on any atom is -0.382 e. The van der Waals surface area contributed by atoms with Crippen molar-refractivity contribution in [2.24, 2.45) is 0 Å². The largest absolute Gasteiger partial charge is 0.382 e. The molecule has 0 fully saturated rings. The molecule has 0 bridgehead atoms. The van der Waals surface area contributed by atoms with Crippen molar-refractivity contribution in [1.29, 1.82) is 0 Å². The molecular formula is C11H18N2O3S. The van der Waals surface area contributed by atoms with Crippen LogP contribution in [0.3, 0.4) is 0 Å². The summed E-state index contributed by atoms with van der Waals surface area (Å²) in [5.74, 6) is 0.181. The second-order valence-corrected chi connectivity index (χ2v) is 4.68. The van der Waals surface area contributed by atoms with Crippen LogP contribution in [-0.2, 0) is 14.3 Å². The number of amides is 1. The van der Waals surface area contributed by atoms with Crippen molar-refractivity contribution in [2.75, 3.05) is 32.2 Å². The number of nitrogens with zero attached hydrogens (tertiary/aromatic N) is 1. The van der Waals surface area contributed by atoms with Crippen LogP contribution in [0, 0.1) is 0 Å². The van der Waals surface area contributed by atoms with E-state index in [1.807, 2.05) is 5.38 Å². The van der Waals surface area contributed by atoms with E-state index in [0.29, 0.717) is 24.3 Å². The van der Waals surface area contributed by atoms with Gasteiger partial charge in [0.05, 0.1) is 18.9 Å². The van der Waals surface area contributed by atoms with Gasteiger partial charge >= 0.3 is 0 Å². The zero-order chi connectivity index (χ0) is 12.7. The minimum atomic E-state index is -0.189. The molecule has 1 heterocycles. The lowest BCUT2D eigenvalue weighted by molar-refractivity contribution is -0.121. The number of hydrogen-bond donors (Lipinski definition) is 1. The van der Waals surface area contributed by atoms with E-state index in [4.69, 9.17) is 9.47 Å². The van der Waals surface area contributed by atoms with Crippen molar-refractivity contribution in [3.8, 4) is 0 Å². The predicted molar refractivity (Wildman–Crippen MR) is 67.5 cm³/mol. The molecular weight excluding hydrogens is 240 g/mol. The van der Waals surface area contributed by atoms with Gasteiger partial charge in [-0.2, -0.15) is 0 Å². The number of carbonyl (C=O) groups is 1. The Morgan fingerprint density at radius 1 is 1.53 bits per heavy atom. The van der Waals surface area contributed by atoms with E-state index in [1.54, 1.807) is 7.11 Å². The summed E-state index contributed by atoms with van der Waals surface area (Å²) < 4.78 is 9.91. The first-order valence-electron chi connectivity index (χ1n) is 5.45. The lowest BCUT2D eigenvalue weighted by Gasteiger charge is -2.03. The highest BCUT2D eigenvalue weighted by Crippen LogP contribution is 2.21. The van der Waals surface area contributed by atoms with Crippen molar-refractivity contribution < 1.29 is 14.3 Å². The summed E-state index contributed by atoms with van der Waals surface area (Å²) >= 11 is 1.43. The Bertz CT molecular complexity index is 352. The Morgan fingerprint density at radius 3 is 2.88 bits per heavy atom. The summed E-state index contributed by atoms with van der Waals surface area (Å²) in [5.41, 5.74) is 0.991. The fourth-order valence-electron chi connectivity index (χ4n) is 1.07. The summed E-state index contributed by atoms with van der Waals surface area (Å²) in [5, 5.41) is 5.27.